The fraction of sp³-hybridized carbons (Fsp3) is 0.240. The number of morpholine rings is 1. The van der Waals surface area contributed by atoms with E-state index in [0.717, 1.165) is 16.0 Å². The summed E-state index contributed by atoms with van der Waals surface area (Å²) in [5.74, 6) is 0.225. The van der Waals surface area contributed by atoms with Gasteiger partial charge in [-0.25, -0.2) is 4.90 Å². The van der Waals surface area contributed by atoms with E-state index in [9.17, 15) is 14.4 Å². The molecule has 8 nitrogen and oxygen atoms in total. The van der Waals surface area contributed by atoms with Crippen LogP contribution in [0.1, 0.15) is 11.1 Å². The molecule has 0 aromatic heterocycles. The molecule has 0 radical (unpaired) electrons. The minimum atomic E-state index is -0.383. The molecule has 0 bridgehead atoms. The van der Waals surface area contributed by atoms with Crippen LogP contribution in [0.4, 0.5) is 5.69 Å². The lowest BCUT2D eigenvalue weighted by molar-refractivity contribution is -0.130. The van der Waals surface area contributed by atoms with Gasteiger partial charge in [0.1, 0.15) is 0 Å². The van der Waals surface area contributed by atoms with Crippen molar-refractivity contribution in [3.63, 3.8) is 0 Å². The Balaban J connectivity index is 1.72. The van der Waals surface area contributed by atoms with Gasteiger partial charge in [0.25, 0.3) is 11.8 Å². The molecule has 0 aliphatic carbocycles. The summed E-state index contributed by atoms with van der Waals surface area (Å²) >= 11 is 0. The molecule has 1 saturated heterocycles. The molecule has 2 aromatic rings. The molecule has 0 atom stereocenters. The minimum absolute atomic E-state index is 0.124. The molecule has 0 saturated carbocycles. The summed E-state index contributed by atoms with van der Waals surface area (Å²) in [6.45, 7) is 2.07. The van der Waals surface area contributed by atoms with E-state index in [1.807, 2.05) is 12.1 Å². The predicted octanol–water partition coefficient (Wildman–Crippen LogP) is 2.42. The van der Waals surface area contributed by atoms with Gasteiger partial charge in [0, 0.05) is 31.3 Å². The fourth-order valence-corrected chi connectivity index (χ4v) is 3.78. The zero-order chi connectivity index (χ0) is 23.4. The summed E-state index contributed by atoms with van der Waals surface area (Å²) < 4.78 is 16.1. The maximum atomic E-state index is 13.0. The molecule has 170 valence electrons. The van der Waals surface area contributed by atoms with Crippen molar-refractivity contribution in [3.8, 4) is 11.5 Å². The van der Waals surface area contributed by atoms with Crippen LogP contribution in [0.2, 0.25) is 0 Å². The highest BCUT2D eigenvalue weighted by molar-refractivity contribution is 6.28. The number of nitrogens with zero attached hydrogens (tertiary/aromatic N) is 2. The lowest BCUT2D eigenvalue weighted by Crippen LogP contribution is -2.39. The molecule has 2 aliphatic heterocycles. The third kappa shape index (κ3) is 4.65. The Morgan fingerprint density at radius 1 is 0.879 bits per heavy atom. The smallest absolute Gasteiger partial charge is 0.258 e. The number of rotatable bonds is 6. The predicted molar refractivity (Wildman–Crippen MR) is 122 cm³/mol. The van der Waals surface area contributed by atoms with Crippen molar-refractivity contribution in [1.82, 2.24) is 4.90 Å². The Morgan fingerprint density at radius 3 is 2.09 bits per heavy atom. The van der Waals surface area contributed by atoms with Crippen LogP contribution in [0, 0.1) is 0 Å². The summed E-state index contributed by atoms with van der Waals surface area (Å²) in [4.78, 5) is 39.9. The monoisotopic (exact) mass is 448 g/mol. The first-order valence-corrected chi connectivity index (χ1v) is 10.5. The van der Waals surface area contributed by atoms with E-state index in [1.165, 1.54) is 12.2 Å². The maximum absolute atomic E-state index is 13.0. The second-order valence-electron chi connectivity index (χ2n) is 7.46. The van der Waals surface area contributed by atoms with Gasteiger partial charge in [-0.3, -0.25) is 14.4 Å². The van der Waals surface area contributed by atoms with E-state index in [0.29, 0.717) is 49.1 Å². The van der Waals surface area contributed by atoms with Crippen LogP contribution in [0.25, 0.3) is 5.57 Å². The molecular weight excluding hydrogens is 424 g/mol. The molecule has 0 N–H and O–H groups in total. The summed E-state index contributed by atoms with van der Waals surface area (Å²) in [7, 11) is 3.11. The van der Waals surface area contributed by atoms with Crippen LogP contribution in [0.15, 0.2) is 60.7 Å². The van der Waals surface area contributed by atoms with Gasteiger partial charge < -0.3 is 19.1 Å². The van der Waals surface area contributed by atoms with Crippen LogP contribution in [-0.4, -0.2) is 63.1 Å². The van der Waals surface area contributed by atoms with Crippen molar-refractivity contribution in [2.45, 2.75) is 0 Å². The molecule has 2 heterocycles. The number of methoxy groups -OCH3 is 2. The Bertz CT molecular complexity index is 1110. The normalized spacial score (nSPS) is 16.4. The van der Waals surface area contributed by atoms with Gasteiger partial charge in [-0.15, -0.1) is 0 Å². The molecule has 4 rings (SSSR count). The highest BCUT2D eigenvalue weighted by Gasteiger charge is 2.25. The van der Waals surface area contributed by atoms with Crippen LogP contribution >= 0.6 is 0 Å². The second-order valence-corrected chi connectivity index (χ2v) is 7.46. The molecule has 8 heteroatoms. The van der Waals surface area contributed by atoms with Gasteiger partial charge >= 0.3 is 0 Å². The van der Waals surface area contributed by atoms with E-state index in [4.69, 9.17) is 14.2 Å². The van der Waals surface area contributed by atoms with Gasteiger partial charge in [-0.2, -0.15) is 0 Å². The number of carbonyl (C=O) groups is 3. The van der Waals surface area contributed by atoms with E-state index in [1.54, 1.807) is 55.5 Å². The summed E-state index contributed by atoms with van der Waals surface area (Å²) in [6.07, 6.45) is 4.08. The van der Waals surface area contributed by atoms with Gasteiger partial charge in [0.15, 0.2) is 11.5 Å². The fourth-order valence-electron chi connectivity index (χ4n) is 3.78. The average Bonchev–Trinajstić information content (AvgIpc) is 3.20. The number of amides is 3. The van der Waals surface area contributed by atoms with Crippen molar-refractivity contribution in [2.24, 2.45) is 0 Å². The standard InChI is InChI=1S/C25H24N2O6/c1-31-21-8-5-18(15-22(21)32-2)20(16-25(30)26-11-13-33-14-12-26)17-3-6-19(7-4-17)27-23(28)9-10-24(27)29/h3-10,15-16H,11-14H2,1-2H3. The summed E-state index contributed by atoms with van der Waals surface area (Å²) in [5.41, 5.74) is 2.65. The van der Waals surface area contributed by atoms with Gasteiger partial charge in [-0.1, -0.05) is 18.2 Å². The minimum Gasteiger partial charge on any atom is -0.493 e. The van der Waals surface area contributed by atoms with E-state index in [2.05, 4.69) is 0 Å². The van der Waals surface area contributed by atoms with Crippen molar-refractivity contribution in [1.29, 1.82) is 0 Å². The van der Waals surface area contributed by atoms with Crippen molar-refractivity contribution < 1.29 is 28.6 Å². The Kier molecular flexibility index (Phi) is 6.55. The van der Waals surface area contributed by atoms with Crippen LogP contribution in [-0.2, 0) is 19.1 Å². The van der Waals surface area contributed by atoms with Gasteiger partial charge in [-0.05, 0) is 41.0 Å². The number of hydrogen-bond donors (Lipinski definition) is 0. The Labute approximate surface area is 191 Å². The number of ether oxygens (including phenoxy) is 3. The molecule has 33 heavy (non-hydrogen) atoms. The zero-order valence-electron chi connectivity index (χ0n) is 18.4. The number of hydrogen-bond acceptors (Lipinski definition) is 6. The number of carbonyl (C=O) groups excluding carboxylic acids is 3. The lowest BCUT2D eigenvalue weighted by atomic mass is 9.96. The summed E-state index contributed by atoms with van der Waals surface area (Å²) in [6, 6.07) is 12.4. The van der Waals surface area contributed by atoms with E-state index in [-0.39, 0.29) is 17.7 Å². The SMILES string of the molecule is COc1ccc(C(=CC(=O)N2CCOCC2)c2ccc(N3C(=O)C=CC3=O)cc2)cc1OC. The first-order chi connectivity index (χ1) is 16.0. The number of anilines is 1. The van der Waals surface area contributed by atoms with Crippen LogP contribution in [0.3, 0.4) is 0 Å². The molecule has 2 aromatic carbocycles. The number of imide groups is 1. The van der Waals surface area contributed by atoms with E-state index < -0.39 is 0 Å². The first kappa shape index (κ1) is 22.3. The zero-order valence-corrected chi connectivity index (χ0v) is 18.4. The third-order valence-corrected chi connectivity index (χ3v) is 5.53. The van der Waals surface area contributed by atoms with Crippen molar-refractivity contribution >= 4 is 29.0 Å². The Hall–Kier alpha value is -3.91. The quantitative estimate of drug-likeness (QED) is 0.499. The van der Waals surface area contributed by atoms with Gasteiger partial charge in [0.2, 0.25) is 5.91 Å². The molecule has 3 amide bonds. The highest BCUT2D eigenvalue weighted by Crippen LogP contribution is 2.34. The second kappa shape index (κ2) is 9.70. The highest BCUT2D eigenvalue weighted by atomic mass is 16.5. The molecule has 1 fully saturated rings. The average molecular weight is 448 g/mol. The maximum Gasteiger partial charge on any atom is 0.258 e. The van der Waals surface area contributed by atoms with E-state index >= 15 is 0 Å². The molecule has 0 unspecified atom stereocenters. The van der Waals surface area contributed by atoms with Crippen LogP contribution < -0.4 is 14.4 Å². The molecule has 2 aliphatic rings. The largest absolute Gasteiger partial charge is 0.493 e. The Morgan fingerprint density at radius 2 is 1.48 bits per heavy atom. The van der Waals surface area contributed by atoms with Crippen LogP contribution in [0.5, 0.6) is 11.5 Å². The summed E-state index contributed by atoms with van der Waals surface area (Å²) in [5, 5.41) is 0. The lowest BCUT2D eigenvalue weighted by Gasteiger charge is -2.26. The topological polar surface area (TPSA) is 85.4 Å². The molecular formula is C25H24N2O6. The van der Waals surface area contributed by atoms with Crippen molar-refractivity contribution in [2.75, 3.05) is 45.4 Å². The molecule has 0 spiro atoms. The third-order valence-electron chi connectivity index (χ3n) is 5.53. The first-order valence-electron chi connectivity index (χ1n) is 10.5. The van der Waals surface area contributed by atoms with Gasteiger partial charge in [0.05, 0.1) is 33.1 Å². The number of benzene rings is 2. The van der Waals surface area contributed by atoms with Crippen molar-refractivity contribution in [3.05, 3.63) is 71.8 Å².